The van der Waals surface area contributed by atoms with E-state index in [4.69, 9.17) is 14.9 Å². The zero-order valence-corrected chi connectivity index (χ0v) is 17.9. The van der Waals surface area contributed by atoms with E-state index in [1.165, 1.54) is 17.9 Å². The van der Waals surface area contributed by atoms with Crippen molar-refractivity contribution in [3.63, 3.8) is 0 Å². The number of fused-ring (bicyclic) bond motifs is 1. The number of aromatic nitrogens is 3. The predicted molar refractivity (Wildman–Crippen MR) is 126 cm³/mol. The average molecular weight is 454 g/mol. The number of aromatic carboxylic acids is 1. The molecule has 0 fully saturated rings. The van der Waals surface area contributed by atoms with E-state index >= 15 is 0 Å². The average Bonchev–Trinajstić information content (AvgIpc) is 3.33. The summed E-state index contributed by atoms with van der Waals surface area (Å²) in [5.74, 6) is -0.962. The number of nitrogen functional groups attached to an aromatic ring is 1. The van der Waals surface area contributed by atoms with Gasteiger partial charge in [-0.25, -0.2) is 14.3 Å². The van der Waals surface area contributed by atoms with Gasteiger partial charge in [0.05, 0.1) is 19.0 Å². The van der Waals surface area contributed by atoms with E-state index in [0.717, 1.165) is 16.7 Å². The third-order valence-electron chi connectivity index (χ3n) is 5.45. The summed E-state index contributed by atoms with van der Waals surface area (Å²) in [4.78, 5) is 24.4. The van der Waals surface area contributed by atoms with Crippen LogP contribution < -0.4 is 16.1 Å². The number of benzene rings is 3. The van der Waals surface area contributed by atoms with Gasteiger partial charge < -0.3 is 20.0 Å². The molecule has 3 N–H and O–H groups in total. The van der Waals surface area contributed by atoms with E-state index in [1.54, 1.807) is 18.3 Å². The fraction of sp³-hybridized carbons (Fsp3) is 0.0400. The van der Waals surface area contributed by atoms with Gasteiger partial charge in [-0.15, -0.1) is 5.10 Å². The molecule has 34 heavy (non-hydrogen) atoms. The second kappa shape index (κ2) is 8.21. The van der Waals surface area contributed by atoms with Crippen LogP contribution in [0.25, 0.3) is 39.0 Å². The third-order valence-corrected chi connectivity index (χ3v) is 5.45. The number of carboxylic acids is 1. The maximum atomic E-state index is 12.5. The maximum absolute atomic E-state index is 12.5. The molecule has 0 amide bonds. The molecule has 0 aliphatic heterocycles. The summed E-state index contributed by atoms with van der Waals surface area (Å²) in [6.45, 7) is 0. The van der Waals surface area contributed by atoms with Crippen molar-refractivity contribution in [3.05, 3.63) is 88.9 Å². The lowest BCUT2D eigenvalue weighted by molar-refractivity contribution is 0.0692. The van der Waals surface area contributed by atoms with Crippen molar-refractivity contribution in [2.24, 2.45) is 0 Å². The molecular weight excluding hydrogens is 436 g/mol. The SMILES string of the molecule is COc1ccc2c(-n3cc(-c4ccc(-c5ccc(N)cc5)cc4)nn3)c(C(=O)O)c(=O)oc2c1. The van der Waals surface area contributed by atoms with Crippen LogP contribution in [0.1, 0.15) is 10.4 Å². The number of rotatable bonds is 5. The highest BCUT2D eigenvalue weighted by Crippen LogP contribution is 2.29. The standard InChI is InChI=1S/C25H18N4O5/c1-33-18-10-11-19-21(12-18)34-25(32)22(24(30)31)23(19)29-13-20(27-28-29)16-4-2-14(3-5-16)15-6-8-17(26)9-7-15/h2-13H,26H2,1H3,(H,30,31). The highest BCUT2D eigenvalue weighted by molar-refractivity contribution is 5.99. The molecule has 2 heterocycles. The van der Waals surface area contributed by atoms with Crippen molar-refractivity contribution in [2.45, 2.75) is 0 Å². The van der Waals surface area contributed by atoms with Crippen LogP contribution in [0.5, 0.6) is 5.75 Å². The van der Waals surface area contributed by atoms with Gasteiger partial charge in [-0.05, 0) is 35.4 Å². The van der Waals surface area contributed by atoms with Gasteiger partial charge in [-0.3, -0.25) is 0 Å². The Hall–Kier alpha value is -4.92. The minimum absolute atomic E-state index is 0.0682. The lowest BCUT2D eigenvalue weighted by Crippen LogP contribution is -2.18. The van der Waals surface area contributed by atoms with E-state index < -0.39 is 17.2 Å². The topological polar surface area (TPSA) is 133 Å². The summed E-state index contributed by atoms with van der Waals surface area (Å²) in [7, 11) is 1.48. The smallest absolute Gasteiger partial charge is 0.353 e. The first-order valence-corrected chi connectivity index (χ1v) is 10.2. The number of hydrogen-bond donors (Lipinski definition) is 2. The van der Waals surface area contributed by atoms with Gasteiger partial charge in [0.1, 0.15) is 17.0 Å². The van der Waals surface area contributed by atoms with Crippen LogP contribution in [0, 0.1) is 0 Å². The fourth-order valence-corrected chi connectivity index (χ4v) is 3.73. The Morgan fingerprint density at radius 3 is 2.29 bits per heavy atom. The second-order valence-corrected chi connectivity index (χ2v) is 7.53. The molecule has 5 rings (SSSR count). The molecule has 0 aliphatic rings. The van der Waals surface area contributed by atoms with Crippen LogP contribution in [-0.2, 0) is 0 Å². The van der Waals surface area contributed by atoms with Crippen molar-refractivity contribution in [2.75, 3.05) is 12.8 Å². The summed E-state index contributed by atoms with van der Waals surface area (Å²) in [6.07, 6.45) is 1.57. The summed E-state index contributed by atoms with van der Waals surface area (Å²) in [5, 5.41) is 18.4. The van der Waals surface area contributed by atoms with Crippen LogP contribution in [0.15, 0.2) is 82.1 Å². The van der Waals surface area contributed by atoms with Crippen LogP contribution >= 0.6 is 0 Å². The quantitative estimate of drug-likeness (QED) is 0.301. The zero-order valence-electron chi connectivity index (χ0n) is 17.9. The molecule has 0 bridgehead atoms. The summed E-state index contributed by atoms with van der Waals surface area (Å²) >= 11 is 0. The van der Waals surface area contributed by atoms with E-state index in [0.29, 0.717) is 22.5 Å². The van der Waals surface area contributed by atoms with Gasteiger partial charge in [-0.2, -0.15) is 0 Å². The molecule has 3 aromatic carbocycles. The number of methoxy groups -OCH3 is 1. The molecule has 0 atom stereocenters. The first-order valence-electron chi connectivity index (χ1n) is 10.2. The van der Waals surface area contributed by atoms with Crippen LogP contribution in [0.2, 0.25) is 0 Å². The molecule has 9 nitrogen and oxygen atoms in total. The van der Waals surface area contributed by atoms with E-state index in [1.807, 2.05) is 48.5 Å². The second-order valence-electron chi connectivity index (χ2n) is 7.53. The zero-order chi connectivity index (χ0) is 23.8. The number of nitrogens with two attached hydrogens (primary N) is 1. The highest BCUT2D eigenvalue weighted by Gasteiger charge is 2.23. The van der Waals surface area contributed by atoms with Crippen molar-refractivity contribution in [1.29, 1.82) is 0 Å². The Morgan fingerprint density at radius 1 is 1.00 bits per heavy atom. The van der Waals surface area contributed by atoms with Gasteiger partial charge in [0.15, 0.2) is 5.56 Å². The summed E-state index contributed by atoms with van der Waals surface area (Å²) < 4.78 is 11.7. The molecule has 0 saturated carbocycles. The van der Waals surface area contributed by atoms with Crippen LogP contribution in [0.4, 0.5) is 5.69 Å². The van der Waals surface area contributed by atoms with Crippen LogP contribution in [0.3, 0.4) is 0 Å². The van der Waals surface area contributed by atoms with Gasteiger partial charge in [0.2, 0.25) is 0 Å². The van der Waals surface area contributed by atoms with E-state index in [-0.39, 0.29) is 11.3 Å². The lowest BCUT2D eigenvalue weighted by Gasteiger charge is -2.09. The number of nitrogens with zero attached hydrogens (tertiary/aromatic N) is 3. The summed E-state index contributed by atoms with van der Waals surface area (Å²) in [6, 6.07) is 20.0. The molecular formula is C25H18N4O5. The van der Waals surface area contributed by atoms with Gasteiger partial charge in [0.25, 0.3) is 0 Å². The van der Waals surface area contributed by atoms with Gasteiger partial charge in [-0.1, -0.05) is 41.6 Å². The molecule has 0 spiro atoms. The normalized spacial score (nSPS) is 11.0. The number of ether oxygens (including phenoxy) is 1. The minimum Gasteiger partial charge on any atom is -0.497 e. The molecule has 0 radical (unpaired) electrons. The Labute approximate surface area is 192 Å². The Kier molecular flexibility index (Phi) is 5.06. The van der Waals surface area contributed by atoms with Gasteiger partial charge in [0, 0.05) is 22.7 Å². The van der Waals surface area contributed by atoms with Crippen molar-refractivity contribution >= 4 is 22.6 Å². The number of anilines is 1. The number of hydrogen-bond acceptors (Lipinski definition) is 7. The third kappa shape index (κ3) is 3.65. The number of carbonyl (C=O) groups is 1. The highest BCUT2D eigenvalue weighted by atomic mass is 16.5. The predicted octanol–water partition coefficient (Wildman–Crippen LogP) is 4.00. The van der Waals surface area contributed by atoms with Crippen LogP contribution in [-0.4, -0.2) is 33.2 Å². The molecule has 9 heteroatoms. The van der Waals surface area contributed by atoms with Crippen molar-refractivity contribution < 1.29 is 19.1 Å². The molecule has 0 aliphatic carbocycles. The Morgan fingerprint density at radius 2 is 1.65 bits per heavy atom. The maximum Gasteiger partial charge on any atom is 0.353 e. The van der Waals surface area contributed by atoms with Crippen molar-refractivity contribution in [1.82, 2.24) is 15.0 Å². The molecule has 5 aromatic rings. The molecule has 0 saturated heterocycles. The lowest BCUT2D eigenvalue weighted by atomic mass is 10.0. The molecule has 168 valence electrons. The van der Waals surface area contributed by atoms with E-state index in [2.05, 4.69) is 10.3 Å². The Balaban J connectivity index is 1.59. The minimum atomic E-state index is -1.42. The fourth-order valence-electron chi connectivity index (χ4n) is 3.73. The van der Waals surface area contributed by atoms with E-state index in [9.17, 15) is 14.7 Å². The Bertz CT molecular complexity index is 1590. The first kappa shape index (κ1) is 21.0. The monoisotopic (exact) mass is 454 g/mol. The number of carboxylic acid groups (broad SMARTS) is 1. The molecule has 0 unspecified atom stereocenters. The largest absolute Gasteiger partial charge is 0.497 e. The van der Waals surface area contributed by atoms with Gasteiger partial charge >= 0.3 is 11.6 Å². The first-order chi connectivity index (χ1) is 16.4. The molecule has 2 aromatic heterocycles. The van der Waals surface area contributed by atoms with Crippen molar-refractivity contribution in [3.8, 4) is 33.8 Å². The summed E-state index contributed by atoms with van der Waals surface area (Å²) in [5.41, 5.74) is 8.48.